The molecule has 1 N–H and O–H groups in total. The smallest absolute Gasteiger partial charge is 0.251 e. The minimum atomic E-state index is -0.178. The lowest BCUT2D eigenvalue weighted by Crippen LogP contribution is -2.43. The Morgan fingerprint density at radius 1 is 1.22 bits per heavy atom. The number of nitrogens with one attached hydrogen (secondary N) is 1. The van der Waals surface area contributed by atoms with Gasteiger partial charge in [0.05, 0.1) is 0 Å². The van der Waals surface area contributed by atoms with Gasteiger partial charge in [-0.2, -0.15) is 0 Å². The van der Waals surface area contributed by atoms with Crippen LogP contribution in [-0.2, 0) is 9.53 Å². The number of aryl methyl sites for hydroxylation is 1. The standard InChI is InChI=1S/C19H24N2O2/c1-13-4-5-16-15(11-13)12-17(20-16)14-6-8-21(9-7-14)19(22)18-3-2-10-23-18/h4-5,11-12,14,18,20H,2-3,6-10H2,1H3. The molecule has 1 atom stereocenters. The number of likely N-dealkylation sites (tertiary alicyclic amines) is 1. The van der Waals surface area contributed by atoms with Crippen molar-refractivity contribution in [2.45, 2.75) is 44.6 Å². The van der Waals surface area contributed by atoms with Crippen LogP contribution in [0, 0.1) is 6.92 Å². The second-order valence-corrected chi connectivity index (χ2v) is 6.92. The molecule has 2 saturated heterocycles. The first-order valence-electron chi connectivity index (χ1n) is 8.70. The lowest BCUT2D eigenvalue weighted by Gasteiger charge is -2.33. The van der Waals surface area contributed by atoms with Gasteiger partial charge in [0.15, 0.2) is 0 Å². The number of H-pyrrole nitrogens is 1. The lowest BCUT2D eigenvalue weighted by molar-refractivity contribution is -0.142. The molecule has 2 aromatic rings. The number of aromatic amines is 1. The number of carbonyl (C=O) groups excluding carboxylic acids is 1. The molecule has 1 unspecified atom stereocenters. The van der Waals surface area contributed by atoms with E-state index < -0.39 is 0 Å². The summed E-state index contributed by atoms with van der Waals surface area (Å²) in [6, 6.07) is 8.81. The third-order valence-electron chi connectivity index (χ3n) is 5.25. The molecular weight excluding hydrogens is 288 g/mol. The van der Waals surface area contributed by atoms with Crippen LogP contribution in [0.15, 0.2) is 24.3 Å². The summed E-state index contributed by atoms with van der Waals surface area (Å²) in [5, 5.41) is 1.29. The van der Waals surface area contributed by atoms with Crippen molar-refractivity contribution < 1.29 is 9.53 Å². The van der Waals surface area contributed by atoms with Crippen LogP contribution in [0.1, 0.15) is 42.9 Å². The quantitative estimate of drug-likeness (QED) is 0.924. The fraction of sp³-hybridized carbons (Fsp3) is 0.526. The minimum Gasteiger partial charge on any atom is -0.368 e. The van der Waals surface area contributed by atoms with E-state index in [0.717, 1.165) is 45.4 Å². The molecule has 2 aliphatic rings. The maximum Gasteiger partial charge on any atom is 0.251 e. The second kappa shape index (κ2) is 6.00. The molecule has 1 amide bonds. The van der Waals surface area contributed by atoms with Crippen LogP contribution in [-0.4, -0.2) is 41.6 Å². The zero-order chi connectivity index (χ0) is 15.8. The van der Waals surface area contributed by atoms with Crippen molar-refractivity contribution in [3.8, 4) is 0 Å². The van der Waals surface area contributed by atoms with Crippen molar-refractivity contribution >= 4 is 16.8 Å². The number of hydrogen-bond acceptors (Lipinski definition) is 2. The van der Waals surface area contributed by atoms with E-state index >= 15 is 0 Å². The number of amides is 1. The van der Waals surface area contributed by atoms with Crippen LogP contribution in [0.3, 0.4) is 0 Å². The van der Waals surface area contributed by atoms with E-state index in [2.05, 4.69) is 36.2 Å². The highest BCUT2D eigenvalue weighted by Gasteiger charge is 2.31. The number of carbonyl (C=O) groups is 1. The Balaban J connectivity index is 1.43. The van der Waals surface area contributed by atoms with Crippen LogP contribution >= 0.6 is 0 Å². The summed E-state index contributed by atoms with van der Waals surface area (Å²) in [7, 11) is 0. The van der Waals surface area contributed by atoms with Gasteiger partial charge in [0.1, 0.15) is 6.10 Å². The Bertz CT molecular complexity index is 707. The number of ether oxygens (including phenoxy) is 1. The van der Waals surface area contributed by atoms with Crippen molar-refractivity contribution in [2.75, 3.05) is 19.7 Å². The lowest BCUT2D eigenvalue weighted by atomic mass is 9.93. The third kappa shape index (κ3) is 2.88. The number of piperidine rings is 1. The van der Waals surface area contributed by atoms with Gasteiger partial charge in [-0.1, -0.05) is 11.6 Å². The molecule has 3 heterocycles. The molecule has 0 spiro atoms. The van der Waals surface area contributed by atoms with Crippen LogP contribution in [0.25, 0.3) is 10.9 Å². The highest BCUT2D eigenvalue weighted by Crippen LogP contribution is 2.31. The average molecular weight is 312 g/mol. The molecule has 4 heteroatoms. The van der Waals surface area contributed by atoms with E-state index in [1.54, 1.807) is 0 Å². The summed E-state index contributed by atoms with van der Waals surface area (Å²) < 4.78 is 5.53. The Morgan fingerprint density at radius 3 is 2.78 bits per heavy atom. The predicted octanol–water partition coefficient (Wildman–Crippen LogP) is 3.36. The van der Waals surface area contributed by atoms with Crippen molar-refractivity contribution in [1.82, 2.24) is 9.88 Å². The monoisotopic (exact) mass is 312 g/mol. The molecule has 4 rings (SSSR count). The molecule has 1 aromatic heterocycles. The zero-order valence-corrected chi connectivity index (χ0v) is 13.7. The van der Waals surface area contributed by atoms with Gasteiger partial charge >= 0.3 is 0 Å². The minimum absolute atomic E-state index is 0.178. The molecule has 23 heavy (non-hydrogen) atoms. The van der Waals surface area contributed by atoms with E-state index in [4.69, 9.17) is 4.74 Å². The van der Waals surface area contributed by atoms with Crippen molar-refractivity contribution in [2.24, 2.45) is 0 Å². The summed E-state index contributed by atoms with van der Waals surface area (Å²) in [6.07, 6.45) is 3.79. The molecule has 0 saturated carbocycles. The van der Waals surface area contributed by atoms with Crippen molar-refractivity contribution in [3.63, 3.8) is 0 Å². The average Bonchev–Trinajstić information content (AvgIpc) is 3.23. The van der Waals surface area contributed by atoms with E-state index in [1.807, 2.05) is 4.90 Å². The fourth-order valence-corrected chi connectivity index (χ4v) is 3.88. The highest BCUT2D eigenvalue weighted by molar-refractivity contribution is 5.82. The summed E-state index contributed by atoms with van der Waals surface area (Å²) in [6.45, 7) is 4.55. The van der Waals surface area contributed by atoms with Gasteiger partial charge in [-0.3, -0.25) is 4.79 Å². The molecule has 4 nitrogen and oxygen atoms in total. The van der Waals surface area contributed by atoms with Crippen LogP contribution in [0.2, 0.25) is 0 Å². The van der Waals surface area contributed by atoms with Crippen molar-refractivity contribution in [3.05, 3.63) is 35.5 Å². The zero-order valence-electron chi connectivity index (χ0n) is 13.7. The van der Waals surface area contributed by atoms with Gasteiger partial charge in [0, 0.05) is 36.8 Å². The normalized spacial score (nSPS) is 22.8. The molecule has 122 valence electrons. The number of aromatic nitrogens is 1. The number of fused-ring (bicyclic) bond motifs is 1. The van der Waals surface area contributed by atoms with E-state index in [1.165, 1.54) is 22.2 Å². The first kappa shape index (κ1) is 14.8. The molecule has 2 fully saturated rings. The van der Waals surface area contributed by atoms with Crippen LogP contribution < -0.4 is 0 Å². The first-order valence-corrected chi connectivity index (χ1v) is 8.70. The Labute approximate surface area is 136 Å². The summed E-state index contributed by atoms with van der Waals surface area (Å²) in [4.78, 5) is 18.0. The molecule has 2 aliphatic heterocycles. The maximum atomic E-state index is 12.4. The van der Waals surface area contributed by atoms with Gasteiger partial charge in [-0.15, -0.1) is 0 Å². The molecule has 0 aliphatic carbocycles. The highest BCUT2D eigenvalue weighted by atomic mass is 16.5. The third-order valence-corrected chi connectivity index (χ3v) is 5.25. The number of benzene rings is 1. The van der Waals surface area contributed by atoms with Crippen molar-refractivity contribution in [1.29, 1.82) is 0 Å². The van der Waals surface area contributed by atoms with E-state index in [9.17, 15) is 4.79 Å². The Morgan fingerprint density at radius 2 is 2.04 bits per heavy atom. The van der Waals surface area contributed by atoms with Crippen LogP contribution in [0.5, 0.6) is 0 Å². The van der Waals surface area contributed by atoms with Gasteiger partial charge in [0.2, 0.25) is 0 Å². The van der Waals surface area contributed by atoms with Crippen LogP contribution in [0.4, 0.5) is 0 Å². The Hall–Kier alpha value is -1.81. The van der Waals surface area contributed by atoms with E-state index in [-0.39, 0.29) is 12.0 Å². The largest absolute Gasteiger partial charge is 0.368 e. The fourth-order valence-electron chi connectivity index (χ4n) is 3.88. The predicted molar refractivity (Wildman–Crippen MR) is 90.6 cm³/mol. The van der Waals surface area contributed by atoms with Gasteiger partial charge < -0.3 is 14.6 Å². The van der Waals surface area contributed by atoms with Gasteiger partial charge in [0.25, 0.3) is 5.91 Å². The SMILES string of the molecule is Cc1ccc2[nH]c(C3CCN(C(=O)C4CCCO4)CC3)cc2c1. The topological polar surface area (TPSA) is 45.3 Å². The molecular formula is C19H24N2O2. The van der Waals surface area contributed by atoms with Gasteiger partial charge in [-0.05, 0) is 56.2 Å². The number of nitrogens with zero attached hydrogens (tertiary/aromatic N) is 1. The second-order valence-electron chi connectivity index (χ2n) is 6.92. The summed E-state index contributed by atoms with van der Waals surface area (Å²) in [5.41, 5.74) is 3.82. The number of rotatable bonds is 2. The van der Waals surface area contributed by atoms with Gasteiger partial charge in [-0.25, -0.2) is 0 Å². The first-order chi connectivity index (χ1) is 11.2. The molecule has 0 bridgehead atoms. The number of hydrogen-bond donors (Lipinski definition) is 1. The summed E-state index contributed by atoms with van der Waals surface area (Å²) >= 11 is 0. The molecule has 1 aromatic carbocycles. The summed E-state index contributed by atoms with van der Waals surface area (Å²) in [5.74, 6) is 0.726. The maximum absolute atomic E-state index is 12.4. The molecule has 0 radical (unpaired) electrons. The Kier molecular flexibility index (Phi) is 3.85. The van der Waals surface area contributed by atoms with E-state index in [0.29, 0.717) is 5.92 Å².